The van der Waals surface area contributed by atoms with Gasteiger partial charge in [-0.05, 0) is 0 Å². The van der Waals surface area contributed by atoms with Crippen molar-refractivity contribution in [2.75, 3.05) is 0 Å². The van der Waals surface area contributed by atoms with Gasteiger partial charge in [-0.25, -0.2) is 0 Å². The van der Waals surface area contributed by atoms with E-state index in [0.29, 0.717) is 0 Å². The van der Waals surface area contributed by atoms with Gasteiger partial charge in [-0.2, -0.15) is 0 Å². The molecule has 0 unspecified atom stereocenters. The Balaban J connectivity index is 0.00000108. The average molecular weight is 343 g/mol. The second-order valence-corrected chi connectivity index (χ2v) is 16.3. The summed E-state index contributed by atoms with van der Waals surface area (Å²) in [5.41, 5.74) is 0. The monoisotopic (exact) mass is 344 g/mol. The van der Waals surface area contributed by atoms with Crippen LogP contribution in [0.2, 0.25) is 11.8 Å². The Hall–Kier alpha value is 0.759. The SMILES string of the molecule is C1CC[CH]([Sn+]([CH]2CCCC2)[CH]2CCCC2)C1.[OH-]. The van der Waals surface area contributed by atoms with Crippen LogP contribution >= 0.6 is 0 Å². The quantitative estimate of drug-likeness (QED) is 0.653. The predicted octanol–water partition coefficient (Wildman–Crippen LogP) is 5.14. The van der Waals surface area contributed by atoms with Gasteiger partial charge in [0, 0.05) is 0 Å². The van der Waals surface area contributed by atoms with Gasteiger partial charge in [-0.1, -0.05) is 0 Å². The minimum atomic E-state index is -1.04. The van der Waals surface area contributed by atoms with E-state index in [9.17, 15) is 0 Å². The molecule has 0 aliphatic heterocycles. The van der Waals surface area contributed by atoms with Crippen LogP contribution in [0.1, 0.15) is 77.0 Å². The molecule has 0 radical (unpaired) electrons. The summed E-state index contributed by atoms with van der Waals surface area (Å²) in [4.78, 5) is 0. The van der Waals surface area contributed by atoms with Crippen LogP contribution in [0.25, 0.3) is 0 Å². The van der Waals surface area contributed by atoms with E-state index in [-0.39, 0.29) is 5.48 Å². The molecule has 0 aromatic carbocycles. The van der Waals surface area contributed by atoms with E-state index in [1.54, 1.807) is 77.0 Å². The molecule has 2 heteroatoms. The third-order valence-electron chi connectivity index (χ3n) is 5.48. The molecule has 98 valence electrons. The molecule has 0 aromatic rings. The van der Waals surface area contributed by atoms with E-state index in [4.69, 9.17) is 0 Å². The average Bonchev–Trinajstić information content (AvgIpc) is 3.02. The van der Waals surface area contributed by atoms with Crippen molar-refractivity contribution in [1.29, 1.82) is 0 Å². The molecule has 0 atom stereocenters. The van der Waals surface area contributed by atoms with Gasteiger partial charge < -0.3 is 5.48 Å². The van der Waals surface area contributed by atoms with Crippen LogP contribution in [0.5, 0.6) is 0 Å². The first-order valence-electron chi connectivity index (χ1n) is 7.82. The van der Waals surface area contributed by atoms with E-state index >= 15 is 0 Å². The summed E-state index contributed by atoms with van der Waals surface area (Å²) in [5.74, 6) is 0. The summed E-state index contributed by atoms with van der Waals surface area (Å²) >= 11 is -1.04. The van der Waals surface area contributed by atoms with Crippen molar-refractivity contribution in [2.24, 2.45) is 0 Å². The van der Waals surface area contributed by atoms with Crippen LogP contribution in [0, 0.1) is 0 Å². The Bertz CT molecular complexity index is 175. The van der Waals surface area contributed by atoms with Crippen molar-refractivity contribution in [3.63, 3.8) is 0 Å². The molecular formula is C15H28OSn. The maximum Gasteiger partial charge on any atom is -0.870 e. The van der Waals surface area contributed by atoms with Gasteiger partial charge in [0.1, 0.15) is 0 Å². The topological polar surface area (TPSA) is 30.0 Å². The van der Waals surface area contributed by atoms with E-state index in [2.05, 4.69) is 0 Å². The molecule has 1 nitrogen and oxygen atoms in total. The molecule has 0 saturated heterocycles. The van der Waals surface area contributed by atoms with Crippen LogP contribution in [0.4, 0.5) is 0 Å². The van der Waals surface area contributed by atoms with Crippen LogP contribution in [0.15, 0.2) is 0 Å². The minimum absolute atomic E-state index is 0. The molecule has 0 bridgehead atoms. The van der Waals surface area contributed by atoms with Crippen LogP contribution in [-0.2, 0) is 0 Å². The Morgan fingerprint density at radius 1 is 0.471 bits per heavy atom. The smallest absolute Gasteiger partial charge is 0.870 e. The van der Waals surface area contributed by atoms with Gasteiger partial charge in [0.15, 0.2) is 0 Å². The fourth-order valence-corrected chi connectivity index (χ4v) is 19.7. The zero-order valence-electron chi connectivity index (χ0n) is 11.2. The van der Waals surface area contributed by atoms with Crippen molar-refractivity contribution in [2.45, 2.75) is 88.9 Å². The molecule has 0 heterocycles. The van der Waals surface area contributed by atoms with Crippen molar-refractivity contribution >= 4 is 19.8 Å². The zero-order chi connectivity index (χ0) is 10.8. The Morgan fingerprint density at radius 2 is 0.706 bits per heavy atom. The second-order valence-electron chi connectivity index (χ2n) is 6.44. The number of rotatable bonds is 3. The normalized spacial score (nSPS) is 27.5. The number of hydrogen-bond donors (Lipinski definition) is 0. The summed E-state index contributed by atoms with van der Waals surface area (Å²) in [7, 11) is 0. The van der Waals surface area contributed by atoms with Gasteiger partial charge in [0.25, 0.3) is 0 Å². The first-order chi connectivity index (χ1) is 7.95. The maximum absolute atomic E-state index is 1.67. The predicted molar refractivity (Wildman–Crippen MR) is 74.3 cm³/mol. The van der Waals surface area contributed by atoms with Gasteiger partial charge in [0.2, 0.25) is 0 Å². The van der Waals surface area contributed by atoms with Crippen molar-refractivity contribution < 1.29 is 5.48 Å². The third-order valence-corrected chi connectivity index (χ3v) is 18.5. The van der Waals surface area contributed by atoms with Crippen molar-refractivity contribution in [3.8, 4) is 0 Å². The van der Waals surface area contributed by atoms with Crippen molar-refractivity contribution in [1.82, 2.24) is 0 Å². The van der Waals surface area contributed by atoms with Crippen LogP contribution in [0.3, 0.4) is 0 Å². The van der Waals surface area contributed by atoms with Gasteiger partial charge in [-0.15, -0.1) is 0 Å². The molecule has 3 aliphatic carbocycles. The molecule has 3 fully saturated rings. The molecular weight excluding hydrogens is 315 g/mol. The zero-order valence-corrected chi connectivity index (χ0v) is 14.0. The largest absolute Gasteiger partial charge is 0.870 e. The fourth-order valence-electron chi connectivity index (χ4n) is 4.78. The second kappa shape index (κ2) is 6.79. The summed E-state index contributed by atoms with van der Waals surface area (Å²) in [5, 5.41) is 0. The molecule has 3 saturated carbocycles. The summed E-state index contributed by atoms with van der Waals surface area (Å²) in [6, 6.07) is 0. The van der Waals surface area contributed by atoms with E-state index in [0.717, 1.165) is 0 Å². The Labute approximate surface area is 114 Å². The van der Waals surface area contributed by atoms with Crippen molar-refractivity contribution in [3.05, 3.63) is 0 Å². The van der Waals surface area contributed by atoms with E-state index in [1.165, 1.54) is 11.8 Å². The first kappa shape index (κ1) is 14.2. The standard InChI is InChI=1S/3C5H9.H2O.Sn/c3*1-2-4-5-3-1;;/h3*1H,2-5H2;1H2;/q;;;;+1/p-1. The van der Waals surface area contributed by atoms with E-state index < -0.39 is 19.8 Å². The van der Waals surface area contributed by atoms with Gasteiger partial charge >= 0.3 is 109 Å². The van der Waals surface area contributed by atoms with Gasteiger partial charge in [0.05, 0.1) is 0 Å². The minimum Gasteiger partial charge on any atom is -0.870 e. The van der Waals surface area contributed by atoms with E-state index in [1.807, 2.05) is 0 Å². The Morgan fingerprint density at radius 3 is 0.941 bits per heavy atom. The molecule has 3 aliphatic rings. The molecule has 17 heavy (non-hydrogen) atoms. The molecule has 1 N–H and O–H groups in total. The molecule has 0 aromatic heterocycles. The molecule has 0 spiro atoms. The number of hydrogen-bond acceptors (Lipinski definition) is 1. The summed E-state index contributed by atoms with van der Waals surface area (Å²) < 4.78 is 4.02. The Kier molecular flexibility index (Phi) is 5.66. The third kappa shape index (κ3) is 3.20. The molecule has 3 rings (SSSR count). The molecule has 0 amide bonds. The van der Waals surface area contributed by atoms with Crippen LogP contribution < -0.4 is 0 Å². The maximum atomic E-state index is 1.67. The van der Waals surface area contributed by atoms with Gasteiger partial charge in [-0.3, -0.25) is 0 Å². The summed E-state index contributed by atoms with van der Waals surface area (Å²) in [6.45, 7) is 0. The van der Waals surface area contributed by atoms with Crippen LogP contribution in [-0.4, -0.2) is 25.2 Å². The first-order valence-corrected chi connectivity index (χ1v) is 12.8. The fraction of sp³-hybridized carbons (Fsp3) is 1.00. The summed E-state index contributed by atoms with van der Waals surface area (Å²) in [6.07, 6.45) is 19.6.